The van der Waals surface area contributed by atoms with Gasteiger partial charge in [-0.2, -0.15) is 0 Å². The van der Waals surface area contributed by atoms with Crippen LogP contribution in [0.1, 0.15) is 32.6 Å². The van der Waals surface area contributed by atoms with Gasteiger partial charge in [-0.15, -0.1) is 11.6 Å². The Labute approximate surface area is 90.4 Å². The zero-order valence-corrected chi connectivity index (χ0v) is 9.42. The summed E-state index contributed by atoms with van der Waals surface area (Å²) < 4.78 is 5.00. The second-order valence-electron chi connectivity index (χ2n) is 3.52. The molecule has 0 aromatic heterocycles. The van der Waals surface area contributed by atoms with Crippen molar-refractivity contribution < 1.29 is 9.53 Å². The molecule has 1 rings (SSSR count). The van der Waals surface area contributed by atoms with Crippen molar-refractivity contribution in [3.05, 3.63) is 0 Å². The number of nitrogens with zero attached hydrogens (tertiary/aromatic N) is 1. The maximum absolute atomic E-state index is 11.5. The molecule has 1 aliphatic heterocycles. The molecule has 0 aromatic rings. The van der Waals surface area contributed by atoms with Gasteiger partial charge in [-0.25, -0.2) is 4.79 Å². The Morgan fingerprint density at radius 2 is 2.36 bits per heavy atom. The van der Waals surface area contributed by atoms with Gasteiger partial charge in [0, 0.05) is 18.5 Å². The van der Waals surface area contributed by atoms with Gasteiger partial charge in [-0.3, -0.25) is 0 Å². The lowest BCUT2D eigenvalue weighted by Gasteiger charge is -2.34. The Bertz CT molecular complexity index is 185. The lowest BCUT2D eigenvalue weighted by atomic mass is 10.0. The van der Waals surface area contributed by atoms with Crippen LogP contribution in [0.5, 0.6) is 0 Å². The second kappa shape index (κ2) is 6.12. The molecule has 0 aliphatic carbocycles. The maximum atomic E-state index is 11.5. The van der Waals surface area contributed by atoms with Gasteiger partial charge in [0.05, 0.1) is 6.61 Å². The lowest BCUT2D eigenvalue weighted by molar-refractivity contribution is 0.0760. The standard InChI is InChI=1S/C10H18ClNO2/c1-2-14-10(13)12-8-4-3-5-9(12)6-7-11/h9H,2-8H2,1H3. The fraction of sp³-hybridized carbons (Fsp3) is 0.900. The molecular formula is C10H18ClNO2. The van der Waals surface area contributed by atoms with E-state index in [0.29, 0.717) is 18.5 Å². The first-order chi connectivity index (χ1) is 6.79. The van der Waals surface area contributed by atoms with Crippen LogP contribution in [0.4, 0.5) is 4.79 Å². The van der Waals surface area contributed by atoms with Gasteiger partial charge in [0.2, 0.25) is 0 Å². The van der Waals surface area contributed by atoms with Crippen LogP contribution in [-0.4, -0.2) is 36.1 Å². The monoisotopic (exact) mass is 219 g/mol. The van der Waals surface area contributed by atoms with Crippen LogP contribution in [0, 0.1) is 0 Å². The van der Waals surface area contributed by atoms with E-state index in [9.17, 15) is 4.79 Å². The van der Waals surface area contributed by atoms with Crippen LogP contribution < -0.4 is 0 Å². The Kier molecular flexibility index (Phi) is 5.09. The molecule has 0 aromatic carbocycles. The highest BCUT2D eigenvalue weighted by Gasteiger charge is 2.26. The maximum Gasteiger partial charge on any atom is 0.409 e. The van der Waals surface area contributed by atoms with Crippen molar-refractivity contribution in [2.45, 2.75) is 38.6 Å². The van der Waals surface area contributed by atoms with E-state index in [1.807, 2.05) is 11.8 Å². The summed E-state index contributed by atoms with van der Waals surface area (Å²) in [5, 5.41) is 0. The van der Waals surface area contributed by atoms with E-state index in [1.54, 1.807) is 0 Å². The molecule has 1 saturated heterocycles. The Morgan fingerprint density at radius 1 is 1.57 bits per heavy atom. The molecule has 1 aliphatic rings. The fourth-order valence-electron chi connectivity index (χ4n) is 1.87. The molecular weight excluding hydrogens is 202 g/mol. The van der Waals surface area contributed by atoms with Crippen molar-refractivity contribution >= 4 is 17.7 Å². The summed E-state index contributed by atoms with van der Waals surface area (Å²) in [7, 11) is 0. The lowest BCUT2D eigenvalue weighted by Crippen LogP contribution is -2.44. The quantitative estimate of drug-likeness (QED) is 0.683. The van der Waals surface area contributed by atoms with Gasteiger partial charge in [0.15, 0.2) is 0 Å². The molecule has 82 valence electrons. The van der Waals surface area contributed by atoms with Crippen LogP contribution >= 0.6 is 11.6 Å². The van der Waals surface area contributed by atoms with E-state index >= 15 is 0 Å². The number of alkyl halides is 1. The van der Waals surface area contributed by atoms with Crippen LogP contribution in [0.25, 0.3) is 0 Å². The average Bonchev–Trinajstić information content (AvgIpc) is 2.19. The van der Waals surface area contributed by atoms with E-state index in [2.05, 4.69) is 0 Å². The van der Waals surface area contributed by atoms with Crippen LogP contribution in [0.15, 0.2) is 0 Å². The summed E-state index contributed by atoms with van der Waals surface area (Å²) >= 11 is 5.70. The Balaban J connectivity index is 2.48. The van der Waals surface area contributed by atoms with E-state index in [-0.39, 0.29) is 6.09 Å². The second-order valence-corrected chi connectivity index (χ2v) is 3.90. The molecule has 3 nitrogen and oxygen atoms in total. The van der Waals surface area contributed by atoms with Crippen molar-refractivity contribution in [2.24, 2.45) is 0 Å². The third kappa shape index (κ3) is 3.05. The first-order valence-corrected chi connectivity index (χ1v) is 5.82. The minimum absolute atomic E-state index is 0.178. The minimum Gasteiger partial charge on any atom is -0.450 e. The number of carbonyl (C=O) groups is 1. The number of likely N-dealkylation sites (tertiary alicyclic amines) is 1. The summed E-state index contributed by atoms with van der Waals surface area (Å²) in [5.41, 5.74) is 0. The third-order valence-electron chi connectivity index (χ3n) is 2.57. The predicted molar refractivity (Wildman–Crippen MR) is 56.7 cm³/mol. The topological polar surface area (TPSA) is 29.5 Å². The van der Waals surface area contributed by atoms with Crippen molar-refractivity contribution in [2.75, 3.05) is 19.0 Å². The summed E-state index contributed by atoms with van der Waals surface area (Å²) in [5.74, 6) is 0.612. The molecule has 4 heteroatoms. The van der Waals surface area contributed by atoms with E-state index in [1.165, 1.54) is 6.42 Å². The van der Waals surface area contributed by atoms with Gasteiger partial charge in [-0.1, -0.05) is 0 Å². The molecule has 0 radical (unpaired) electrons. The normalized spacial score (nSPS) is 22.1. The highest BCUT2D eigenvalue weighted by Crippen LogP contribution is 2.20. The number of hydrogen-bond acceptors (Lipinski definition) is 2. The number of ether oxygens (including phenoxy) is 1. The molecule has 14 heavy (non-hydrogen) atoms. The molecule has 0 saturated carbocycles. The van der Waals surface area contributed by atoms with Crippen molar-refractivity contribution in [1.82, 2.24) is 4.90 Å². The Morgan fingerprint density at radius 3 is 3.00 bits per heavy atom. The summed E-state index contributed by atoms with van der Waals surface area (Å²) in [6.07, 6.45) is 4.03. The molecule has 0 N–H and O–H groups in total. The molecule has 0 bridgehead atoms. The molecule has 1 unspecified atom stereocenters. The SMILES string of the molecule is CCOC(=O)N1CCCCC1CCCl. The summed E-state index contributed by atoms with van der Waals surface area (Å²) in [6, 6.07) is 0.292. The van der Waals surface area contributed by atoms with Gasteiger partial charge >= 0.3 is 6.09 Å². The number of carbonyl (C=O) groups excluding carboxylic acids is 1. The zero-order chi connectivity index (χ0) is 10.4. The smallest absolute Gasteiger partial charge is 0.409 e. The molecule has 1 heterocycles. The zero-order valence-electron chi connectivity index (χ0n) is 8.67. The van der Waals surface area contributed by atoms with Crippen LogP contribution in [0.3, 0.4) is 0 Å². The number of halogens is 1. The number of rotatable bonds is 3. The van der Waals surface area contributed by atoms with Crippen molar-refractivity contribution in [3.63, 3.8) is 0 Å². The highest BCUT2D eigenvalue weighted by molar-refractivity contribution is 6.17. The van der Waals surface area contributed by atoms with Crippen molar-refractivity contribution in [1.29, 1.82) is 0 Å². The molecule has 1 atom stereocenters. The van der Waals surface area contributed by atoms with Gasteiger partial charge in [-0.05, 0) is 32.6 Å². The molecule has 1 amide bonds. The first kappa shape index (κ1) is 11.6. The number of hydrogen-bond donors (Lipinski definition) is 0. The van der Waals surface area contributed by atoms with Gasteiger partial charge in [0.25, 0.3) is 0 Å². The molecule has 0 spiro atoms. The fourth-order valence-corrected chi connectivity index (χ4v) is 2.13. The summed E-state index contributed by atoms with van der Waals surface area (Å²) in [4.78, 5) is 13.4. The van der Waals surface area contributed by atoms with E-state index in [4.69, 9.17) is 16.3 Å². The third-order valence-corrected chi connectivity index (χ3v) is 2.79. The minimum atomic E-state index is -0.178. The van der Waals surface area contributed by atoms with Crippen LogP contribution in [-0.2, 0) is 4.74 Å². The predicted octanol–water partition coefficient (Wildman–Crippen LogP) is 2.63. The first-order valence-electron chi connectivity index (χ1n) is 5.29. The average molecular weight is 220 g/mol. The number of piperidine rings is 1. The summed E-state index contributed by atoms with van der Waals surface area (Å²) in [6.45, 7) is 3.10. The van der Waals surface area contributed by atoms with Crippen molar-refractivity contribution in [3.8, 4) is 0 Å². The largest absolute Gasteiger partial charge is 0.450 e. The van der Waals surface area contributed by atoms with E-state index < -0.39 is 0 Å². The van der Waals surface area contributed by atoms with Gasteiger partial charge in [0.1, 0.15) is 0 Å². The number of amides is 1. The Hall–Kier alpha value is -0.440. The van der Waals surface area contributed by atoms with E-state index in [0.717, 1.165) is 25.8 Å². The van der Waals surface area contributed by atoms with Gasteiger partial charge < -0.3 is 9.64 Å². The van der Waals surface area contributed by atoms with Crippen LogP contribution in [0.2, 0.25) is 0 Å². The molecule has 1 fully saturated rings. The highest BCUT2D eigenvalue weighted by atomic mass is 35.5.